The van der Waals surface area contributed by atoms with E-state index in [-0.39, 0.29) is 0 Å². The van der Waals surface area contributed by atoms with Crippen molar-refractivity contribution < 1.29 is 9.47 Å². The Morgan fingerprint density at radius 3 is 2.78 bits per heavy atom. The van der Waals surface area contributed by atoms with Gasteiger partial charge in [0.2, 0.25) is 5.95 Å². The first kappa shape index (κ1) is 19.3. The molecule has 1 aliphatic rings. The molecule has 6 heteroatoms. The van der Waals surface area contributed by atoms with E-state index < -0.39 is 0 Å². The Labute approximate surface area is 161 Å². The molecule has 0 saturated carbocycles. The Hall–Kier alpha value is -2.50. The van der Waals surface area contributed by atoms with E-state index in [0.29, 0.717) is 6.04 Å². The van der Waals surface area contributed by atoms with Crippen molar-refractivity contribution in [1.82, 2.24) is 9.97 Å². The zero-order chi connectivity index (χ0) is 19.1. The van der Waals surface area contributed by atoms with Gasteiger partial charge in [-0.3, -0.25) is 0 Å². The Morgan fingerprint density at radius 2 is 2.00 bits per heavy atom. The smallest absolute Gasteiger partial charge is 0.227 e. The van der Waals surface area contributed by atoms with Crippen LogP contribution in [-0.2, 0) is 6.42 Å². The van der Waals surface area contributed by atoms with Crippen molar-refractivity contribution >= 4 is 11.8 Å². The van der Waals surface area contributed by atoms with Crippen molar-refractivity contribution in [3.8, 4) is 11.5 Å². The summed E-state index contributed by atoms with van der Waals surface area (Å²) in [4.78, 5) is 11.6. The normalized spacial score (nSPS) is 16.9. The second-order valence-electron chi connectivity index (χ2n) is 6.86. The minimum absolute atomic E-state index is 0.556. The van der Waals surface area contributed by atoms with E-state index in [1.165, 1.54) is 24.8 Å². The van der Waals surface area contributed by atoms with E-state index in [1.54, 1.807) is 14.2 Å². The van der Waals surface area contributed by atoms with Gasteiger partial charge in [-0.25, -0.2) is 4.98 Å². The molecule has 0 bridgehead atoms. The number of aromatic nitrogens is 2. The van der Waals surface area contributed by atoms with Crippen molar-refractivity contribution in [1.29, 1.82) is 0 Å². The van der Waals surface area contributed by atoms with Crippen LogP contribution in [0.3, 0.4) is 0 Å². The zero-order valence-corrected chi connectivity index (χ0v) is 16.6. The SMILES string of the molecule is CCC1CCCCN1c1nccc(NCCc2ccc(OC)c(OC)c2)n1. The summed E-state index contributed by atoms with van der Waals surface area (Å²) in [6.07, 6.45) is 7.62. The van der Waals surface area contributed by atoms with Crippen LogP contribution in [0, 0.1) is 0 Å². The van der Waals surface area contributed by atoms with Crippen LogP contribution >= 0.6 is 0 Å². The number of rotatable bonds is 8. The fourth-order valence-electron chi connectivity index (χ4n) is 3.64. The number of nitrogens with zero attached hydrogens (tertiary/aromatic N) is 3. The molecule has 3 rings (SSSR count). The molecule has 146 valence electrons. The van der Waals surface area contributed by atoms with Gasteiger partial charge >= 0.3 is 0 Å². The lowest BCUT2D eigenvalue weighted by Crippen LogP contribution is -2.40. The number of anilines is 2. The first-order valence-electron chi connectivity index (χ1n) is 9.79. The highest BCUT2D eigenvalue weighted by molar-refractivity contribution is 5.44. The number of ether oxygens (including phenoxy) is 2. The molecule has 1 saturated heterocycles. The highest BCUT2D eigenvalue weighted by atomic mass is 16.5. The van der Waals surface area contributed by atoms with Gasteiger partial charge in [-0.05, 0) is 55.9 Å². The van der Waals surface area contributed by atoms with E-state index in [2.05, 4.69) is 28.2 Å². The minimum Gasteiger partial charge on any atom is -0.493 e. The molecule has 6 nitrogen and oxygen atoms in total. The molecule has 1 aromatic carbocycles. The number of benzene rings is 1. The lowest BCUT2D eigenvalue weighted by atomic mass is 10.0. The number of piperidine rings is 1. The molecule has 1 fully saturated rings. The maximum atomic E-state index is 5.37. The van der Waals surface area contributed by atoms with E-state index in [1.807, 2.05) is 24.4 Å². The van der Waals surface area contributed by atoms with Crippen molar-refractivity contribution in [2.45, 2.75) is 45.1 Å². The lowest BCUT2D eigenvalue weighted by molar-refractivity contribution is 0.354. The van der Waals surface area contributed by atoms with Gasteiger partial charge in [0, 0.05) is 25.3 Å². The van der Waals surface area contributed by atoms with Crippen LogP contribution in [0.25, 0.3) is 0 Å². The maximum absolute atomic E-state index is 5.37. The molecule has 0 amide bonds. The number of hydrogen-bond donors (Lipinski definition) is 1. The maximum Gasteiger partial charge on any atom is 0.227 e. The third-order valence-corrected chi connectivity index (χ3v) is 5.17. The van der Waals surface area contributed by atoms with Crippen LogP contribution < -0.4 is 19.7 Å². The Bertz CT molecular complexity index is 738. The highest BCUT2D eigenvalue weighted by Crippen LogP contribution is 2.28. The first-order chi connectivity index (χ1) is 13.2. The van der Waals surface area contributed by atoms with Crippen molar-refractivity contribution in [3.05, 3.63) is 36.0 Å². The Morgan fingerprint density at radius 1 is 1.15 bits per heavy atom. The number of hydrogen-bond acceptors (Lipinski definition) is 6. The van der Waals surface area contributed by atoms with E-state index in [9.17, 15) is 0 Å². The van der Waals surface area contributed by atoms with Gasteiger partial charge in [0.1, 0.15) is 5.82 Å². The Balaban J connectivity index is 1.60. The topological polar surface area (TPSA) is 59.5 Å². The predicted octanol–water partition coefficient (Wildman–Crippen LogP) is 3.92. The minimum atomic E-state index is 0.556. The quantitative estimate of drug-likeness (QED) is 0.760. The second kappa shape index (κ2) is 9.44. The molecule has 1 unspecified atom stereocenters. The Kier molecular flexibility index (Phi) is 6.74. The van der Waals surface area contributed by atoms with E-state index in [0.717, 1.165) is 49.2 Å². The van der Waals surface area contributed by atoms with Crippen LogP contribution in [-0.4, -0.2) is 43.3 Å². The molecule has 1 atom stereocenters. The zero-order valence-electron chi connectivity index (χ0n) is 16.6. The molecular formula is C21H30N4O2. The third-order valence-electron chi connectivity index (χ3n) is 5.17. The number of methoxy groups -OCH3 is 2. The summed E-state index contributed by atoms with van der Waals surface area (Å²) in [5.41, 5.74) is 1.19. The third kappa shape index (κ3) is 4.81. The molecule has 1 aliphatic heterocycles. The molecule has 1 N–H and O–H groups in total. The van der Waals surface area contributed by atoms with Crippen LogP contribution in [0.1, 0.15) is 38.2 Å². The van der Waals surface area contributed by atoms with Gasteiger partial charge in [0.25, 0.3) is 0 Å². The van der Waals surface area contributed by atoms with Crippen molar-refractivity contribution in [2.75, 3.05) is 37.5 Å². The predicted molar refractivity (Wildman–Crippen MR) is 109 cm³/mol. The average Bonchev–Trinajstić information content (AvgIpc) is 2.73. The fraction of sp³-hybridized carbons (Fsp3) is 0.524. The van der Waals surface area contributed by atoms with Crippen molar-refractivity contribution in [2.24, 2.45) is 0 Å². The summed E-state index contributed by atoms with van der Waals surface area (Å²) in [5, 5.41) is 3.42. The van der Waals surface area contributed by atoms with Crippen LogP contribution in [0.4, 0.5) is 11.8 Å². The van der Waals surface area contributed by atoms with E-state index in [4.69, 9.17) is 14.5 Å². The summed E-state index contributed by atoms with van der Waals surface area (Å²) in [6, 6.07) is 8.52. The highest BCUT2D eigenvalue weighted by Gasteiger charge is 2.23. The standard InChI is InChI=1S/C21H30N4O2/c1-4-17-7-5-6-14-25(17)21-23-13-11-20(24-21)22-12-10-16-8-9-18(26-2)19(15-16)27-3/h8-9,11,13,15,17H,4-7,10,12,14H2,1-3H3,(H,22,23,24). The van der Waals surface area contributed by atoms with Crippen LogP contribution in [0.5, 0.6) is 11.5 Å². The average molecular weight is 370 g/mol. The van der Waals surface area contributed by atoms with Crippen LogP contribution in [0.2, 0.25) is 0 Å². The number of nitrogens with one attached hydrogen (secondary N) is 1. The van der Waals surface area contributed by atoms with E-state index >= 15 is 0 Å². The summed E-state index contributed by atoms with van der Waals surface area (Å²) in [5.74, 6) is 3.23. The van der Waals surface area contributed by atoms with Crippen LogP contribution in [0.15, 0.2) is 30.5 Å². The van der Waals surface area contributed by atoms with Gasteiger partial charge in [-0.1, -0.05) is 13.0 Å². The molecule has 0 radical (unpaired) electrons. The summed E-state index contributed by atoms with van der Waals surface area (Å²) < 4.78 is 10.7. The first-order valence-corrected chi connectivity index (χ1v) is 9.79. The summed E-state index contributed by atoms with van der Waals surface area (Å²) in [7, 11) is 3.31. The molecule has 2 aromatic rings. The van der Waals surface area contributed by atoms with Gasteiger partial charge < -0.3 is 19.7 Å². The summed E-state index contributed by atoms with van der Waals surface area (Å²) in [6.45, 7) is 4.09. The molecule has 2 heterocycles. The molecule has 27 heavy (non-hydrogen) atoms. The summed E-state index contributed by atoms with van der Waals surface area (Å²) >= 11 is 0. The van der Waals surface area contributed by atoms with Gasteiger partial charge in [-0.2, -0.15) is 4.98 Å². The molecule has 0 aliphatic carbocycles. The van der Waals surface area contributed by atoms with Gasteiger partial charge in [0.15, 0.2) is 11.5 Å². The molecule has 1 aromatic heterocycles. The fourth-order valence-corrected chi connectivity index (χ4v) is 3.64. The van der Waals surface area contributed by atoms with Gasteiger partial charge in [-0.15, -0.1) is 0 Å². The lowest BCUT2D eigenvalue weighted by Gasteiger charge is -2.35. The largest absolute Gasteiger partial charge is 0.493 e. The second-order valence-corrected chi connectivity index (χ2v) is 6.86. The van der Waals surface area contributed by atoms with Crippen molar-refractivity contribution in [3.63, 3.8) is 0 Å². The van der Waals surface area contributed by atoms with Gasteiger partial charge in [0.05, 0.1) is 14.2 Å². The molecular weight excluding hydrogens is 340 g/mol. The molecule has 0 spiro atoms. The monoisotopic (exact) mass is 370 g/mol.